The average Bonchev–Trinajstić information content (AvgIpc) is 3.04. The maximum Gasteiger partial charge on any atom is 0.259 e. The van der Waals surface area contributed by atoms with Gasteiger partial charge in [-0.05, 0) is 32.9 Å². The zero-order valence-electron chi connectivity index (χ0n) is 12.9. The highest BCUT2D eigenvalue weighted by atomic mass is 16.5. The summed E-state index contributed by atoms with van der Waals surface area (Å²) in [5.74, 6) is 1.82. The number of nitrogens with one attached hydrogen (secondary N) is 1. The van der Waals surface area contributed by atoms with Crippen LogP contribution in [-0.4, -0.2) is 18.6 Å². The molecule has 0 bridgehead atoms. The van der Waals surface area contributed by atoms with E-state index >= 15 is 0 Å². The van der Waals surface area contributed by atoms with Gasteiger partial charge < -0.3 is 19.2 Å². The second-order valence-corrected chi connectivity index (χ2v) is 5.37. The number of rotatable bonds is 4. The van der Waals surface area contributed by atoms with E-state index in [1.54, 1.807) is 13.0 Å². The van der Waals surface area contributed by atoms with Crippen molar-refractivity contribution in [3.8, 4) is 11.5 Å². The minimum atomic E-state index is -0.224. The van der Waals surface area contributed by atoms with Crippen LogP contribution in [0.5, 0.6) is 11.5 Å². The van der Waals surface area contributed by atoms with E-state index in [0.717, 1.165) is 17.7 Å². The van der Waals surface area contributed by atoms with Crippen LogP contribution in [0.3, 0.4) is 0 Å². The van der Waals surface area contributed by atoms with Crippen molar-refractivity contribution in [2.75, 3.05) is 11.9 Å². The number of carbonyl (C=O) groups excluding carboxylic acids is 1. The van der Waals surface area contributed by atoms with Crippen LogP contribution in [0.2, 0.25) is 0 Å². The molecule has 116 valence electrons. The Kier molecular flexibility index (Phi) is 3.79. The lowest BCUT2D eigenvalue weighted by atomic mass is 10.1. The zero-order valence-corrected chi connectivity index (χ0v) is 12.9. The van der Waals surface area contributed by atoms with Crippen molar-refractivity contribution in [2.45, 2.75) is 33.3 Å². The van der Waals surface area contributed by atoms with Gasteiger partial charge in [-0.3, -0.25) is 4.79 Å². The Hall–Kier alpha value is -2.43. The van der Waals surface area contributed by atoms with Gasteiger partial charge in [0.15, 0.2) is 0 Å². The molecule has 5 nitrogen and oxygen atoms in total. The molecule has 3 rings (SSSR count). The van der Waals surface area contributed by atoms with E-state index in [1.807, 2.05) is 26.0 Å². The van der Waals surface area contributed by atoms with Crippen molar-refractivity contribution < 1.29 is 18.7 Å². The Labute approximate surface area is 129 Å². The van der Waals surface area contributed by atoms with E-state index in [4.69, 9.17) is 13.9 Å². The van der Waals surface area contributed by atoms with E-state index in [1.165, 1.54) is 6.26 Å². The molecule has 0 unspecified atom stereocenters. The van der Waals surface area contributed by atoms with Crippen molar-refractivity contribution in [3.63, 3.8) is 0 Å². The number of hydrogen-bond acceptors (Lipinski definition) is 4. The van der Waals surface area contributed by atoms with Crippen molar-refractivity contribution in [1.82, 2.24) is 0 Å². The lowest BCUT2D eigenvalue weighted by Crippen LogP contribution is -2.13. The van der Waals surface area contributed by atoms with Crippen LogP contribution in [0.25, 0.3) is 0 Å². The third-order valence-corrected chi connectivity index (χ3v) is 3.65. The largest absolute Gasteiger partial charge is 0.492 e. The van der Waals surface area contributed by atoms with Crippen molar-refractivity contribution in [3.05, 3.63) is 41.3 Å². The molecule has 1 aromatic carbocycles. The fraction of sp³-hybridized carbons (Fsp3) is 0.353. The van der Waals surface area contributed by atoms with Gasteiger partial charge in [-0.1, -0.05) is 0 Å². The Morgan fingerprint density at radius 2 is 2.27 bits per heavy atom. The zero-order chi connectivity index (χ0) is 15.7. The minimum absolute atomic E-state index is 0.145. The summed E-state index contributed by atoms with van der Waals surface area (Å²) in [4.78, 5) is 12.3. The smallest absolute Gasteiger partial charge is 0.259 e. The predicted molar refractivity (Wildman–Crippen MR) is 82.8 cm³/mol. The molecule has 5 heteroatoms. The van der Waals surface area contributed by atoms with Crippen LogP contribution >= 0.6 is 0 Å². The second kappa shape index (κ2) is 5.75. The summed E-state index contributed by atoms with van der Waals surface area (Å²) < 4.78 is 16.6. The SMILES string of the molecule is CCOc1cc2c(cc1NC(=O)c1ccoc1C)O[C@H](C)C2. The van der Waals surface area contributed by atoms with Gasteiger partial charge >= 0.3 is 0 Å². The summed E-state index contributed by atoms with van der Waals surface area (Å²) in [6.45, 7) is 6.22. The summed E-state index contributed by atoms with van der Waals surface area (Å²) >= 11 is 0. The number of amides is 1. The topological polar surface area (TPSA) is 60.7 Å². The molecule has 0 saturated heterocycles. The van der Waals surface area contributed by atoms with Crippen LogP contribution in [0, 0.1) is 6.92 Å². The number of hydrogen-bond donors (Lipinski definition) is 1. The average molecular weight is 301 g/mol. The molecular formula is C17H19NO4. The first-order valence-corrected chi connectivity index (χ1v) is 7.40. The van der Waals surface area contributed by atoms with Crippen LogP contribution in [0.15, 0.2) is 28.9 Å². The number of anilines is 1. The van der Waals surface area contributed by atoms with Gasteiger partial charge in [0.1, 0.15) is 23.4 Å². The van der Waals surface area contributed by atoms with Crippen molar-refractivity contribution in [1.29, 1.82) is 0 Å². The molecule has 1 aliphatic heterocycles. The van der Waals surface area contributed by atoms with Gasteiger partial charge in [0.05, 0.1) is 24.1 Å². The van der Waals surface area contributed by atoms with Gasteiger partial charge in [0.2, 0.25) is 0 Å². The lowest BCUT2D eigenvalue weighted by Gasteiger charge is -2.13. The molecule has 2 heterocycles. The van der Waals surface area contributed by atoms with Gasteiger partial charge in [-0.15, -0.1) is 0 Å². The second-order valence-electron chi connectivity index (χ2n) is 5.37. The Morgan fingerprint density at radius 1 is 1.45 bits per heavy atom. The number of carbonyl (C=O) groups is 1. The highest BCUT2D eigenvalue weighted by molar-refractivity contribution is 6.05. The summed E-state index contributed by atoms with van der Waals surface area (Å²) in [5.41, 5.74) is 2.23. The van der Waals surface area contributed by atoms with Crippen LogP contribution in [-0.2, 0) is 6.42 Å². The van der Waals surface area contributed by atoms with E-state index in [2.05, 4.69) is 5.32 Å². The lowest BCUT2D eigenvalue weighted by molar-refractivity contribution is 0.102. The minimum Gasteiger partial charge on any atom is -0.492 e. The number of benzene rings is 1. The Bertz CT molecular complexity index is 705. The van der Waals surface area contributed by atoms with E-state index in [-0.39, 0.29) is 12.0 Å². The standard InChI is InChI=1S/C17H19NO4/c1-4-20-16-8-12-7-10(2)22-15(12)9-14(16)18-17(19)13-5-6-21-11(13)3/h5-6,8-10H,4,7H2,1-3H3,(H,18,19)/t10-/m1/s1. The normalized spacial score (nSPS) is 16.0. The number of aryl methyl sites for hydroxylation is 1. The summed E-state index contributed by atoms with van der Waals surface area (Å²) in [7, 11) is 0. The summed E-state index contributed by atoms with van der Waals surface area (Å²) in [5, 5.41) is 2.88. The molecule has 1 amide bonds. The van der Waals surface area contributed by atoms with Gasteiger partial charge in [0, 0.05) is 18.1 Å². The van der Waals surface area contributed by atoms with Crippen molar-refractivity contribution >= 4 is 11.6 Å². The summed E-state index contributed by atoms with van der Waals surface area (Å²) in [6, 6.07) is 5.42. The number of ether oxygens (including phenoxy) is 2. The maximum absolute atomic E-state index is 12.3. The molecular weight excluding hydrogens is 282 g/mol. The molecule has 1 aromatic heterocycles. The molecule has 0 fully saturated rings. The maximum atomic E-state index is 12.3. The van der Waals surface area contributed by atoms with Crippen LogP contribution < -0.4 is 14.8 Å². The molecule has 0 radical (unpaired) electrons. The van der Waals surface area contributed by atoms with E-state index in [0.29, 0.717) is 29.4 Å². The van der Waals surface area contributed by atoms with Gasteiger partial charge in [-0.25, -0.2) is 0 Å². The number of fused-ring (bicyclic) bond motifs is 1. The third kappa shape index (κ3) is 2.66. The Balaban J connectivity index is 1.91. The van der Waals surface area contributed by atoms with Gasteiger partial charge in [-0.2, -0.15) is 0 Å². The van der Waals surface area contributed by atoms with Gasteiger partial charge in [0.25, 0.3) is 5.91 Å². The predicted octanol–water partition coefficient (Wildman–Crippen LogP) is 3.56. The quantitative estimate of drug-likeness (QED) is 0.938. The number of furan rings is 1. The highest BCUT2D eigenvalue weighted by Crippen LogP contribution is 2.38. The molecule has 1 N–H and O–H groups in total. The molecule has 0 aliphatic carbocycles. The molecule has 0 saturated carbocycles. The molecule has 2 aromatic rings. The molecule has 1 aliphatic rings. The first-order valence-electron chi connectivity index (χ1n) is 7.40. The third-order valence-electron chi connectivity index (χ3n) is 3.65. The summed E-state index contributed by atoms with van der Waals surface area (Å²) in [6.07, 6.45) is 2.50. The molecule has 22 heavy (non-hydrogen) atoms. The molecule has 1 atom stereocenters. The molecule has 0 spiro atoms. The highest BCUT2D eigenvalue weighted by Gasteiger charge is 2.23. The van der Waals surface area contributed by atoms with Crippen LogP contribution in [0.4, 0.5) is 5.69 Å². The fourth-order valence-corrected chi connectivity index (χ4v) is 2.62. The van der Waals surface area contributed by atoms with Crippen LogP contribution in [0.1, 0.15) is 35.5 Å². The van der Waals surface area contributed by atoms with Crippen molar-refractivity contribution in [2.24, 2.45) is 0 Å². The van der Waals surface area contributed by atoms with E-state index in [9.17, 15) is 4.79 Å². The first kappa shape index (κ1) is 14.5. The fourth-order valence-electron chi connectivity index (χ4n) is 2.62. The first-order chi connectivity index (χ1) is 10.6. The Morgan fingerprint density at radius 3 is 2.95 bits per heavy atom. The van der Waals surface area contributed by atoms with E-state index < -0.39 is 0 Å². The monoisotopic (exact) mass is 301 g/mol.